The van der Waals surface area contributed by atoms with Crippen molar-refractivity contribution in [2.45, 2.75) is 95.6 Å². The van der Waals surface area contributed by atoms with Crippen molar-refractivity contribution >= 4 is 37.4 Å². The highest BCUT2D eigenvalue weighted by Crippen LogP contribution is 2.49. The smallest absolute Gasteiger partial charge is 0.226 e. The van der Waals surface area contributed by atoms with E-state index in [4.69, 9.17) is 27.6 Å². The lowest BCUT2D eigenvalue weighted by molar-refractivity contribution is -0.146. The Kier molecular flexibility index (Phi) is 7.79. The number of hydrogen-bond acceptors (Lipinski definition) is 2. The van der Waals surface area contributed by atoms with E-state index >= 15 is 0 Å². The van der Waals surface area contributed by atoms with Crippen molar-refractivity contribution in [2.75, 3.05) is 0 Å². The molecule has 1 saturated carbocycles. The predicted molar refractivity (Wildman–Crippen MR) is 149 cm³/mol. The van der Waals surface area contributed by atoms with Gasteiger partial charge >= 0.3 is 0 Å². The van der Waals surface area contributed by atoms with Crippen molar-refractivity contribution in [3.8, 4) is 0 Å². The Balaban J connectivity index is 1.69. The third-order valence-electron chi connectivity index (χ3n) is 8.47. The summed E-state index contributed by atoms with van der Waals surface area (Å²) in [4.78, 5) is 16.0. The van der Waals surface area contributed by atoms with E-state index in [0.717, 1.165) is 36.3 Å². The molecule has 0 bridgehead atoms. The minimum atomic E-state index is -1.87. The van der Waals surface area contributed by atoms with Gasteiger partial charge in [0.1, 0.15) is 0 Å². The average Bonchev–Trinajstić information content (AvgIpc) is 3.22. The number of halogens is 2. The molecule has 0 N–H and O–H groups in total. The van der Waals surface area contributed by atoms with E-state index in [-0.39, 0.29) is 41.0 Å². The van der Waals surface area contributed by atoms with Crippen LogP contribution in [0, 0.1) is 5.92 Å². The first-order chi connectivity index (χ1) is 16.4. The van der Waals surface area contributed by atoms with Crippen LogP contribution in [-0.4, -0.2) is 31.3 Å². The number of rotatable bonds is 5. The molecule has 1 aliphatic heterocycles. The van der Waals surface area contributed by atoms with Crippen LogP contribution in [0.25, 0.3) is 0 Å². The molecule has 3 nitrogen and oxygen atoms in total. The summed E-state index contributed by atoms with van der Waals surface area (Å²) < 4.78 is 6.80. The van der Waals surface area contributed by atoms with E-state index in [1.807, 2.05) is 24.3 Å². The first-order valence-corrected chi connectivity index (χ1v) is 16.5. The minimum absolute atomic E-state index is 0.0390. The van der Waals surface area contributed by atoms with Gasteiger partial charge in [0.25, 0.3) is 0 Å². The number of amides is 1. The Morgan fingerprint density at radius 2 is 1.63 bits per heavy atom. The van der Waals surface area contributed by atoms with Gasteiger partial charge in [0.05, 0.1) is 6.04 Å². The number of nitrogens with zero attached hydrogens (tertiary/aromatic N) is 1. The Hall–Kier alpha value is -1.33. The van der Waals surface area contributed by atoms with Crippen molar-refractivity contribution < 1.29 is 9.22 Å². The summed E-state index contributed by atoms with van der Waals surface area (Å²) >= 11 is 12.7. The lowest BCUT2D eigenvalue weighted by Gasteiger charge is -2.47. The maximum atomic E-state index is 13.8. The van der Waals surface area contributed by atoms with Crippen molar-refractivity contribution in [1.82, 2.24) is 4.90 Å². The topological polar surface area (TPSA) is 29.5 Å². The van der Waals surface area contributed by atoms with Crippen LogP contribution in [0.15, 0.2) is 48.5 Å². The molecule has 4 rings (SSSR count). The minimum Gasteiger partial charge on any atom is -0.414 e. The zero-order valence-electron chi connectivity index (χ0n) is 21.9. The van der Waals surface area contributed by atoms with Crippen molar-refractivity contribution in [1.29, 1.82) is 0 Å². The number of benzene rings is 2. The third-order valence-corrected chi connectivity index (χ3v) is 13.5. The van der Waals surface area contributed by atoms with E-state index in [1.165, 1.54) is 5.56 Å². The summed E-state index contributed by atoms with van der Waals surface area (Å²) in [5.74, 6) is 0.382. The maximum absolute atomic E-state index is 13.8. The number of hydrogen-bond donors (Lipinski definition) is 0. The third kappa shape index (κ3) is 5.66. The van der Waals surface area contributed by atoms with E-state index in [2.05, 4.69) is 70.0 Å². The Labute approximate surface area is 222 Å². The van der Waals surface area contributed by atoms with Gasteiger partial charge in [-0.1, -0.05) is 75.2 Å². The molecule has 0 radical (unpaired) electrons. The van der Waals surface area contributed by atoms with Gasteiger partial charge in [0, 0.05) is 34.0 Å². The Morgan fingerprint density at radius 3 is 2.26 bits per heavy atom. The van der Waals surface area contributed by atoms with Gasteiger partial charge in [0.2, 0.25) is 5.91 Å². The molecule has 6 heteroatoms. The SMILES string of the molecule is CC1CC(c2cccc(Cl)c2)[C@@H](c2ccc(Cl)cc2)N([C@H]2CC[C@H](O[Si](C)(C)C(C)(C)C)C2)C1=O. The molecular formula is C29H39Cl2NO2Si. The summed E-state index contributed by atoms with van der Waals surface area (Å²) in [7, 11) is -1.87. The second kappa shape index (κ2) is 10.2. The predicted octanol–water partition coefficient (Wildman–Crippen LogP) is 8.63. The first-order valence-electron chi connectivity index (χ1n) is 12.9. The van der Waals surface area contributed by atoms with Crippen molar-refractivity contribution in [2.24, 2.45) is 5.92 Å². The molecule has 0 aromatic heterocycles. The molecule has 1 amide bonds. The van der Waals surface area contributed by atoms with Gasteiger partial charge in [-0.3, -0.25) is 4.79 Å². The molecule has 1 saturated heterocycles. The molecule has 2 aliphatic rings. The monoisotopic (exact) mass is 531 g/mol. The number of carbonyl (C=O) groups excluding carboxylic acids is 1. The van der Waals surface area contributed by atoms with Crippen LogP contribution in [0.2, 0.25) is 28.2 Å². The molecule has 5 atom stereocenters. The Morgan fingerprint density at radius 1 is 0.943 bits per heavy atom. The normalized spacial score (nSPS) is 27.9. The van der Waals surface area contributed by atoms with Crippen molar-refractivity contribution in [3.05, 3.63) is 69.7 Å². The fraction of sp³-hybridized carbons (Fsp3) is 0.552. The molecule has 1 aliphatic carbocycles. The quantitative estimate of drug-likeness (QED) is 0.361. The molecule has 1 heterocycles. The standard InChI is InChI=1S/C29H39Cl2NO2Si/c1-19-16-26(21-8-7-9-23(31)17-21)27(20-10-12-22(30)13-11-20)32(28(19)33)24-14-15-25(18-24)34-35(5,6)29(2,3)4/h7-13,17,19,24-27H,14-16,18H2,1-6H3/t19?,24-,25-,26?,27+/m0/s1. The summed E-state index contributed by atoms with van der Waals surface area (Å²) in [5, 5.41) is 1.61. The summed E-state index contributed by atoms with van der Waals surface area (Å²) in [6, 6.07) is 16.3. The highest BCUT2D eigenvalue weighted by molar-refractivity contribution is 6.74. The average molecular weight is 533 g/mol. The number of piperidine rings is 1. The second-order valence-corrected chi connectivity index (χ2v) is 17.6. The van der Waals surface area contributed by atoms with E-state index in [9.17, 15) is 4.79 Å². The molecular weight excluding hydrogens is 493 g/mol. The van der Waals surface area contributed by atoms with Gasteiger partial charge < -0.3 is 9.33 Å². The molecule has 2 fully saturated rings. The van der Waals surface area contributed by atoms with Crippen LogP contribution in [0.4, 0.5) is 0 Å². The van der Waals surface area contributed by atoms with Gasteiger partial charge in [-0.2, -0.15) is 0 Å². The summed E-state index contributed by atoms with van der Waals surface area (Å²) in [6.45, 7) is 13.6. The second-order valence-electron chi connectivity index (χ2n) is 12.0. The van der Waals surface area contributed by atoms with Crippen LogP contribution in [0.5, 0.6) is 0 Å². The van der Waals surface area contributed by atoms with Crippen LogP contribution in [0.3, 0.4) is 0 Å². The maximum Gasteiger partial charge on any atom is 0.226 e. The van der Waals surface area contributed by atoms with E-state index in [0.29, 0.717) is 5.02 Å². The molecule has 2 unspecified atom stereocenters. The van der Waals surface area contributed by atoms with Gasteiger partial charge in [0.15, 0.2) is 8.32 Å². The fourth-order valence-electron chi connectivity index (χ4n) is 5.58. The lowest BCUT2D eigenvalue weighted by Crippen LogP contribution is -2.50. The zero-order valence-corrected chi connectivity index (χ0v) is 24.4. The van der Waals surface area contributed by atoms with Crippen LogP contribution in [0.1, 0.15) is 76.5 Å². The Bertz CT molecular complexity index is 1050. The van der Waals surface area contributed by atoms with Crippen LogP contribution in [-0.2, 0) is 9.22 Å². The number of likely N-dealkylation sites (tertiary alicyclic amines) is 1. The van der Waals surface area contributed by atoms with Gasteiger partial charge in [-0.05, 0) is 79.2 Å². The van der Waals surface area contributed by atoms with Gasteiger partial charge in [-0.15, -0.1) is 0 Å². The first kappa shape index (κ1) is 26.7. The molecule has 2 aromatic carbocycles. The van der Waals surface area contributed by atoms with Crippen LogP contribution >= 0.6 is 23.2 Å². The highest BCUT2D eigenvalue weighted by Gasteiger charge is 2.47. The van der Waals surface area contributed by atoms with Crippen molar-refractivity contribution in [3.63, 3.8) is 0 Å². The van der Waals surface area contributed by atoms with E-state index in [1.54, 1.807) is 0 Å². The molecule has 190 valence electrons. The largest absolute Gasteiger partial charge is 0.414 e. The van der Waals surface area contributed by atoms with Crippen LogP contribution < -0.4 is 0 Å². The fourth-order valence-corrected chi connectivity index (χ4v) is 7.31. The summed E-state index contributed by atoms with van der Waals surface area (Å²) in [6.07, 6.45) is 3.90. The lowest BCUT2D eigenvalue weighted by atomic mass is 9.75. The summed E-state index contributed by atoms with van der Waals surface area (Å²) in [5.41, 5.74) is 2.32. The number of carbonyl (C=O) groups is 1. The molecule has 2 aromatic rings. The molecule has 35 heavy (non-hydrogen) atoms. The zero-order chi connectivity index (χ0) is 25.5. The van der Waals surface area contributed by atoms with Gasteiger partial charge in [-0.25, -0.2) is 0 Å². The van der Waals surface area contributed by atoms with E-state index < -0.39 is 8.32 Å². The molecule has 0 spiro atoms. The highest BCUT2D eigenvalue weighted by atomic mass is 35.5.